The molecule has 1 aromatic heterocycles. The van der Waals surface area contributed by atoms with Gasteiger partial charge in [-0.05, 0) is 17.9 Å². The SMILES string of the molecule is O=C(CCNC(=O)c1cccs1)N[C@@H]1C=C[C@H](CO)C1. The Hall–Kier alpha value is -1.66. The standard InChI is InChI=1S/C14H18N2O3S/c17-9-10-3-4-11(8-10)16-13(18)5-6-15-14(19)12-2-1-7-20-12/h1-4,7,10-11,17H,5-6,8-9H2,(H,15,19)(H,16,18)/t10-,11+/m0/s1. The number of hydrogen-bond acceptors (Lipinski definition) is 4. The van der Waals surface area contributed by atoms with Gasteiger partial charge in [-0.15, -0.1) is 11.3 Å². The Morgan fingerprint density at radius 3 is 2.90 bits per heavy atom. The topological polar surface area (TPSA) is 78.4 Å². The van der Waals surface area contributed by atoms with Gasteiger partial charge in [0.2, 0.25) is 5.91 Å². The average Bonchev–Trinajstić information content (AvgIpc) is 3.09. The highest BCUT2D eigenvalue weighted by atomic mass is 32.1. The molecule has 1 aromatic rings. The quantitative estimate of drug-likeness (QED) is 0.683. The Bertz CT molecular complexity index is 485. The molecule has 2 amide bonds. The van der Waals surface area contributed by atoms with Crippen LogP contribution in [0.5, 0.6) is 0 Å². The number of aliphatic hydroxyl groups is 1. The Labute approximate surface area is 121 Å². The van der Waals surface area contributed by atoms with Gasteiger partial charge in [-0.3, -0.25) is 9.59 Å². The van der Waals surface area contributed by atoms with Crippen LogP contribution in [-0.4, -0.2) is 36.1 Å². The van der Waals surface area contributed by atoms with Gasteiger partial charge in [0.25, 0.3) is 5.91 Å². The van der Waals surface area contributed by atoms with Crippen LogP contribution in [0.15, 0.2) is 29.7 Å². The molecule has 0 spiro atoms. The molecule has 0 radical (unpaired) electrons. The van der Waals surface area contributed by atoms with Gasteiger partial charge >= 0.3 is 0 Å². The van der Waals surface area contributed by atoms with E-state index >= 15 is 0 Å². The van der Waals surface area contributed by atoms with Gasteiger partial charge in [0.15, 0.2) is 0 Å². The number of amides is 2. The van der Waals surface area contributed by atoms with Gasteiger partial charge in [-0.25, -0.2) is 0 Å². The van der Waals surface area contributed by atoms with E-state index in [1.165, 1.54) is 11.3 Å². The smallest absolute Gasteiger partial charge is 0.261 e. The Kier molecular flexibility index (Phi) is 5.31. The molecule has 5 nitrogen and oxygen atoms in total. The van der Waals surface area contributed by atoms with E-state index < -0.39 is 0 Å². The zero-order chi connectivity index (χ0) is 14.4. The fourth-order valence-corrected chi connectivity index (χ4v) is 2.72. The molecule has 0 saturated heterocycles. The van der Waals surface area contributed by atoms with Crippen LogP contribution in [0, 0.1) is 5.92 Å². The van der Waals surface area contributed by atoms with E-state index in [-0.39, 0.29) is 36.8 Å². The Morgan fingerprint density at radius 2 is 2.25 bits per heavy atom. The minimum atomic E-state index is -0.145. The predicted molar refractivity (Wildman–Crippen MR) is 77.5 cm³/mol. The highest BCUT2D eigenvalue weighted by molar-refractivity contribution is 7.12. The van der Waals surface area contributed by atoms with Crippen LogP contribution in [0.3, 0.4) is 0 Å². The number of thiophene rings is 1. The van der Waals surface area contributed by atoms with Crippen molar-refractivity contribution in [2.75, 3.05) is 13.2 Å². The van der Waals surface area contributed by atoms with E-state index in [2.05, 4.69) is 10.6 Å². The molecule has 20 heavy (non-hydrogen) atoms. The number of carbonyl (C=O) groups excluding carboxylic acids is 2. The number of aliphatic hydroxyl groups excluding tert-OH is 1. The summed E-state index contributed by atoms with van der Waals surface area (Å²) >= 11 is 1.37. The normalized spacial score (nSPS) is 20.9. The zero-order valence-electron chi connectivity index (χ0n) is 11.0. The predicted octanol–water partition coefficient (Wildman–Crippen LogP) is 0.921. The summed E-state index contributed by atoms with van der Waals surface area (Å²) in [5.74, 6) is -0.0996. The van der Waals surface area contributed by atoms with Gasteiger partial charge in [-0.1, -0.05) is 18.2 Å². The van der Waals surface area contributed by atoms with Crippen molar-refractivity contribution in [1.82, 2.24) is 10.6 Å². The van der Waals surface area contributed by atoms with E-state index in [1.807, 2.05) is 23.6 Å². The molecule has 1 aliphatic carbocycles. The highest BCUT2D eigenvalue weighted by Gasteiger charge is 2.19. The average molecular weight is 294 g/mol. The number of nitrogens with one attached hydrogen (secondary N) is 2. The second-order valence-electron chi connectivity index (χ2n) is 4.72. The molecule has 1 heterocycles. The molecule has 0 aromatic carbocycles. The minimum Gasteiger partial charge on any atom is -0.396 e. The lowest BCUT2D eigenvalue weighted by Gasteiger charge is -2.12. The van der Waals surface area contributed by atoms with Crippen LogP contribution in [0.4, 0.5) is 0 Å². The molecule has 0 fully saturated rings. The summed E-state index contributed by atoms with van der Waals surface area (Å²) in [7, 11) is 0. The van der Waals surface area contributed by atoms with Crippen molar-refractivity contribution in [3.63, 3.8) is 0 Å². The number of carbonyl (C=O) groups is 2. The van der Waals surface area contributed by atoms with Crippen molar-refractivity contribution in [2.45, 2.75) is 18.9 Å². The third kappa shape index (κ3) is 4.18. The lowest BCUT2D eigenvalue weighted by atomic mass is 10.1. The van der Waals surface area contributed by atoms with Gasteiger partial charge in [0.1, 0.15) is 0 Å². The van der Waals surface area contributed by atoms with E-state index in [0.717, 1.165) is 6.42 Å². The lowest BCUT2D eigenvalue weighted by molar-refractivity contribution is -0.121. The van der Waals surface area contributed by atoms with Crippen LogP contribution in [0.1, 0.15) is 22.5 Å². The molecule has 2 atom stereocenters. The molecule has 0 unspecified atom stereocenters. The number of hydrogen-bond donors (Lipinski definition) is 3. The van der Waals surface area contributed by atoms with E-state index in [1.54, 1.807) is 6.07 Å². The molecule has 108 valence electrons. The first-order valence-electron chi connectivity index (χ1n) is 6.59. The van der Waals surface area contributed by atoms with E-state index in [9.17, 15) is 9.59 Å². The first kappa shape index (κ1) is 14.7. The van der Waals surface area contributed by atoms with Crippen LogP contribution in [0.25, 0.3) is 0 Å². The lowest BCUT2D eigenvalue weighted by Crippen LogP contribution is -2.35. The third-order valence-electron chi connectivity index (χ3n) is 3.14. The summed E-state index contributed by atoms with van der Waals surface area (Å²) in [5, 5.41) is 16.4. The van der Waals surface area contributed by atoms with Crippen molar-refractivity contribution in [1.29, 1.82) is 0 Å². The molecule has 3 N–H and O–H groups in total. The summed E-state index contributed by atoms with van der Waals surface area (Å²) in [6.07, 6.45) is 4.82. The van der Waals surface area contributed by atoms with Crippen molar-refractivity contribution < 1.29 is 14.7 Å². The highest BCUT2D eigenvalue weighted by Crippen LogP contribution is 2.16. The summed E-state index contributed by atoms with van der Waals surface area (Å²) in [6, 6.07) is 3.56. The number of rotatable bonds is 6. The monoisotopic (exact) mass is 294 g/mol. The first-order chi connectivity index (χ1) is 9.69. The molecule has 2 rings (SSSR count). The van der Waals surface area contributed by atoms with Gasteiger partial charge < -0.3 is 15.7 Å². The molecular weight excluding hydrogens is 276 g/mol. The first-order valence-corrected chi connectivity index (χ1v) is 7.47. The fraction of sp³-hybridized carbons (Fsp3) is 0.429. The van der Waals surface area contributed by atoms with Gasteiger partial charge in [0.05, 0.1) is 4.88 Å². The maximum Gasteiger partial charge on any atom is 0.261 e. The summed E-state index contributed by atoms with van der Waals surface area (Å²) in [6.45, 7) is 0.433. The van der Waals surface area contributed by atoms with E-state index in [0.29, 0.717) is 11.4 Å². The minimum absolute atomic E-state index is 0.00681. The van der Waals surface area contributed by atoms with Crippen molar-refractivity contribution in [3.8, 4) is 0 Å². The summed E-state index contributed by atoms with van der Waals surface area (Å²) in [5.41, 5.74) is 0. The van der Waals surface area contributed by atoms with Gasteiger partial charge in [0, 0.05) is 31.5 Å². The largest absolute Gasteiger partial charge is 0.396 e. The second kappa shape index (κ2) is 7.21. The van der Waals surface area contributed by atoms with Crippen LogP contribution in [0.2, 0.25) is 0 Å². The van der Waals surface area contributed by atoms with Crippen LogP contribution < -0.4 is 10.6 Å². The fourth-order valence-electron chi connectivity index (χ4n) is 2.08. The summed E-state index contributed by atoms with van der Waals surface area (Å²) < 4.78 is 0. The molecular formula is C14H18N2O3S. The van der Waals surface area contributed by atoms with Crippen LogP contribution >= 0.6 is 11.3 Å². The van der Waals surface area contributed by atoms with Crippen molar-refractivity contribution >= 4 is 23.2 Å². The Balaban J connectivity index is 1.64. The molecule has 6 heteroatoms. The molecule has 0 aliphatic heterocycles. The van der Waals surface area contributed by atoms with E-state index in [4.69, 9.17) is 5.11 Å². The van der Waals surface area contributed by atoms with Gasteiger partial charge in [-0.2, -0.15) is 0 Å². The van der Waals surface area contributed by atoms with Crippen molar-refractivity contribution in [3.05, 3.63) is 34.5 Å². The summed E-state index contributed by atoms with van der Waals surface area (Å²) in [4.78, 5) is 24.0. The Morgan fingerprint density at radius 1 is 1.40 bits per heavy atom. The maximum absolute atomic E-state index is 11.7. The second-order valence-corrected chi connectivity index (χ2v) is 5.67. The third-order valence-corrected chi connectivity index (χ3v) is 4.00. The zero-order valence-corrected chi connectivity index (χ0v) is 11.9. The maximum atomic E-state index is 11.7. The molecule has 1 aliphatic rings. The van der Waals surface area contributed by atoms with Crippen molar-refractivity contribution in [2.24, 2.45) is 5.92 Å². The molecule has 0 saturated carbocycles. The van der Waals surface area contributed by atoms with Crippen LogP contribution in [-0.2, 0) is 4.79 Å². The molecule has 0 bridgehead atoms.